The monoisotopic (exact) mass is 153 g/mol. The molecule has 11 heavy (non-hydrogen) atoms. The zero-order valence-electron chi connectivity index (χ0n) is 7.53. The van der Waals surface area contributed by atoms with Crippen LogP contribution in [0.2, 0.25) is 0 Å². The Balaban J connectivity index is 2.01. The van der Waals surface area contributed by atoms with Crippen LogP contribution in [0.4, 0.5) is 0 Å². The molecule has 1 atom stereocenters. The fourth-order valence-corrected chi connectivity index (χ4v) is 2.63. The molecule has 0 bridgehead atoms. The van der Waals surface area contributed by atoms with E-state index in [-0.39, 0.29) is 0 Å². The van der Waals surface area contributed by atoms with Gasteiger partial charge in [0.15, 0.2) is 0 Å². The van der Waals surface area contributed by atoms with Crippen LogP contribution in [0.5, 0.6) is 0 Å². The zero-order valence-corrected chi connectivity index (χ0v) is 7.53. The summed E-state index contributed by atoms with van der Waals surface area (Å²) in [6.45, 7) is 4.92. The van der Waals surface area contributed by atoms with Crippen molar-refractivity contribution in [1.29, 1.82) is 0 Å². The lowest BCUT2D eigenvalue weighted by Crippen LogP contribution is -2.41. The molecule has 0 aromatic heterocycles. The second kappa shape index (κ2) is 2.78. The van der Waals surface area contributed by atoms with Gasteiger partial charge in [-0.3, -0.25) is 0 Å². The van der Waals surface area contributed by atoms with Crippen LogP contribution < -0.4 is 5.32 Å². The minimum atomic E-state index is 0.720. The first kappa shape index (κ1) is 7.60. The largest absolute Gasteiger partial charge is 0.316 e. The molecule has 0 aromatic rings. The predicted octanol–water partition coefficient (Wildman–Crippen LogP) is 2.18. The maximum absolute atomic E-state index is 3.55. The molecule has 1 aliphatic carbocycles. The molecule has 0 radical (unpaired) electrons. The van der Waals surface area contributed by atoms with Gasteiger partial charge in [-0.2, -0.15) is 0 Å². The van der Waals surface area contributed by atoms with Crippen LogP contribution in [0, 0.1) is 11.3 Å². The van der Waals surface area contributed by atoms with Gasteiger partial charge in [0.25, 0.3) is 0 Å². The number of nitrogens with one attached hydrogen (secondary N) is 1. The summed E-state index contributed by atoms with van der Waals surface area (Å²) in [4.78, 5) is 0. The molecule has 1 saturated heterocycles. The van der Waals surface area contributed by atoms with Crippen LogP contribution in [0.25, 0.3) is 0 Å². The minimum Gasteiger partial charge on any atom is -0.316 e. The quantitative estimate of drug-likeness (QED) is 0.641. The Morgan fingerprint density at radius 2 is 2.27 bits per heavy atom. The summed E-state index contributed by atoms with van der Waals surface area (Å²) >= 11 is 0. The average Bonchev–Trinajstić information content (AvgIpc) is 2.88. The molecule has 1 heteroatoms. The van der Waals surface area contributed by atoms with Crippen molar-refractivity contribution in [2.75, 3.05) is 13.1 Å². The van der Waals surface area contributed by atoms with Crippen LogP contribution in [0.15, 0.2) is 0 Å². The molecule has 2 rings (SSSR count). The van der Waals surface area contributed by atoms with E-state index in [0.29, 0.717) is 0 Å². The SMILES string of the molecule is CCC1(C2CC2)CCCNC1. The van der Waals surface area contributed by atoms with Crippen molar-refractivity contribution in [3.63, 3.8) is 0 Å². The molecule has 1 heterocycles. The van der Waals surface area contributed by atoms with Crippen LogP contribution in [0.3, 0.4) is 0 Å². The summed E-state index contributed by atoms with van der Waals surface area (Å²) < 4.78 is 0. The Hall–Kier alpha value is -0.0400. The van der Waals surface area contributed by atoms with Crippen molar-refractivity contribution in [3.8, 4) is 0 Å². The summed E-state index contributed by atoms with van der Waals surface area (Å²) in [7, 11) is 0. The molecule has 1 unspecified atom stereocenters. The highest BCUT2D eigenvalue weighted by Gasteiger charge is 2.43. The third kappa shape index (κ3) is 1.31. The lowest BCUT2D eigenvalue weighted by atomic mass is 9.74. The molecule has 64 valence electrons. The van der Waals surface area contributed by atoms with Gasteiger partial charge in [-0.25, -0.2) is 0 Å². The van der Waals surface area contributed by atoms with Crippen molar-refractivity contribution < 1.29 is 0 Å². The van der Waals surface area contributed by atoms with Gasteiger partial charge in [-0.1, -0.05) is 6.92 Å². The first-order valence-electron chi connectivity index (χ1n) is 5.08. The van der Waals surface area contributed by atoms with Crippen LogP contribution in [-0.4, -0.2) is 13.1 Å². The third-order valence-corrected chi connectivity index (χ3v) is 3.65. The second-order valence-electron chi connectivity index (χ2n) is 4.27. The van der Waals surface area contributed by atoms with Crippen molar-refractivity contribution in [2.45, 2.75) is 39.0 Å². The van der Waals surface area contributed by atoms with E-state index in [1.807, 2.05) is 0 Å². The maximum Gasteiger partial charge on any atom is 0.00104 e. The van der Waals surface area contributed by atoms with Crippen LogP contribution in [0.1, 0.15) is 39.0 Å². The van der Waals surface area contributed by atoms with Crippen molar-refractivity contribution in [1.82, 2.24) is 5.32 Å². The van der Waals surface area contributed by atoms with Gasteiger partial charge in [0.1, 0.15) is 0 Å². The van der Waals surface area contributed by atoms with Gasteiger partial charge in [-0.15, -0.1) is 0 Å². The van der Waals surface area contributed by atoms with Gasteiger partial charge >= 0.3 is 0 Å². The normalized spacial score (nSPS) is 39.0. The number of piperidine rings is 1. The lowest BCUT2D eigenvalue weighted by molar-refractivity contribution is 0.165. The topological polar surface area (TPSA) is 12.0 Å². The van der Waals surface area contributed by atoms with Crippen molar-refractivity contribution >= 4 is 0 Å². The van der Waals surface area contributed by atoms with E-state index in [0.717, 1.165) is 11.3 Å². The van der Waals surface area contributed by atoms with E-state index >= 15 is 0 Å². The van der Waals surface area contributed by atoms with Gasteiger partial charge in [-0.05, 0) is 50.0 Å². The maximum atomic E-state index is 3.55. The first-order valence-corrected chi connectivity index (χ1v) is 5.08. The van der Waals surface area contributed by atoms with Gasteiger partial charge in [0.05, 0.1) is 0 Å². The zero-order chi connectivity index (χ0) is 7.73. The standard InChI is InChI=1S/C10H19N/c1-2-10(9-4-5-9)6-3-7-11-8-10/h9,11H,2-8H2,1H3. The molecule has 2 aliphatic rings. The molecule has 1 N–H and O–H groups in total. The molecular weight excluding hydrogens is 134 g/mol. The van der Waals surface area contributed by atoms with E-state index in [2.05, 4.69) is 12.2 Å². The molecule has 0 amide bonds. The van der Waals surface area contributed by atoms with Gasteiger partial charge < -0.3 is 5.32 Å². The van der Waals surface area contributed by atoms with E-state index in [9.17, 15) is 0 Å². The molecular formula is C10H19N. The molecule has 1 aliphatic heterocycles. The predicted molar refractivity (Wildman–Crippen MR) is 47.6 cm³/mol. The Kier molecular flexibility index (Phi) is 1.92. The highest BCUT2D eigenvalue weighted by molar-refractivity contribution is 4.96. The summed E-state index contributed by atoms with van der Waals surface area (Å²) in [5.74, 6) is 1.08. The molecule has 0 spiro atoms. The summed E-state index contributed by atoms with van der Waals surface area (Å²) in [6.07, 6.45) is 7.31. The molecule has 1 saturated carbocycles. The summed E-state index contributed by atoms with van der Waals surface area (Å²) in [5, 5.41) is 3.55. The average molecular weight is 153 g/mol. The fourth-order valence-electron chi connectivity index (χ4n) is 2.63. The van der Waals surface area contributed by atoms with E-state index in [1.54, 1.807) is 0 Å². The highest BCUT2D eigenvalue weighted by Crippen LogP contribution is 2.50. The summed E-state index contributed by atoms with van der Waals surface area (Å²) in [5.41, 5.74) is 0.720. The Bertz CT molecular complexity index is 132. The Morgan fingerprint density at radius 1 is 1.45 bits per heavy atom. The molecule has 2 fully saturated rings. The van der Waals surface area contributed by atoms with Crippen LogP contribution >= 0.6 is 0 Å². The molecule has 1 nitrogen and oxygen atoms in total. The fraction of sp³-hybridized carbons (Fsp3) is 1.00. The van der Waals surface area contributed by atoms with Gasteiger partial charge in [0.2, 0.25) is 0 Å². The van der Waals surface area contributed by atoms with E-state index in [4.69, 9.17) is 0 Å². The first-order chi connectivity index (χ1) is 5.37. The Labute approximate surface area is 69.6 Å². The van der Waals surface area contributed by atoms with E-state index in [1.165, 1.54) is 45.2 Å². The molecule has 0 aromatic carbocycles. The number of hydrogen-bond acceptors (Lipinski definition) is 1. The minimum absolute atomic E-state index is 0.720. The van der Waals surface area contributed by atoms with Gasteiger partial charge in [0, 0.05) is 6.54 Å². The third-order valence-electron chi connectivity index (χ3n) is 3.65. The summed E-state index contributed by atoms with van der Waals surface area (Å²) in [6, 6.07) is 0. The number of hydrogen-bond donors (Lipinski definition) is 1. The number of rotatable bonds is 2. The lowest BCUT2D eigenvalue weighted by Gasteiger charge is -2.37. The smallest absolute Gasteiger partial charge is 0.00104 e. The van der Waals surface area contributed by atoms with Crippen LogP contribution in [-0.2, 0) is 0 Å². The van der Waals surface area contributed by atoms with Crippen molar-refractivity contribution in [3.05, 3.63) is 0 Å². The second-order valence-corrected chi connectivity index (χ2v) is 4.27. The van der Waals surface area contributed by atoms with Crippen molar-refractivity contribution in [2.24, 2.45) is 11.3 Å². The van der Waals surface area contributed by atoms with E-state index < -0.39 is 0 Å². The Morgan fingerprint density at radius 3 is 2.73 bits per heavy atom. The highest BCUT2D eigenvalue weighted by atomic mass is 14.9.